The third-order valence-electron chi connectivity index (χ3n) is 3.64. The lowest BCUT2D eigenvalue weighted by Gasteiger charge is -2.35. The van der Waals surface area contributed by atoms with Crippen LogP contribution in [0.3, 0.4) is 0 Å². The molecule has 0 aromatic carbocycles. The highest BCUT2D eigenvalue weighted by molar-refractivity contribution is 7.09. The van der Waals surface area contributed by atoms with Crippen LogP contribution in [-0.4, -0.2) is 36.2 Å². The number of hydrogen-bond acceptors (Lipinski definition) is 4. The van der Waals surface area contributed by atoms with Gasteiger partial charge in [-0.25, -0.2) is 4.98 Å². The Morgan fingerprint density at radius 1 is 1.56 bits per heavy atom. The van der Waals surface area contributed by atoms with E-state index < -0.39 is 0 Å². The van der Waals surface area contributed by atoms with Crippen molar-refractivity contribution in [2.24, 2.45) is 0 Å². The summed E-state index contributed by atoms with van der Waals surface area (Å²) in [5.41, 5.74) is 0.996. The average molecular weight is 289 g/mol. The van der Waals surface area contributed by atoms with E-state index in [1.165, 1.54) is 5.01 Å². The van der Waals surface area contributed by atoms with Crippen LogP contribution in [-0.2, 0) is 10.6 Å². The van der Waals surface area contributed by atoms with Crippen LogP contribution in [0.1, 0.15) is 42.9 Å². The van der Waals surface area contributed by atoms with Crippen LogP contribution in [0.4, 0.5) is 0 Å². The van der Waals surface area contributed by atoms with Gasteiger partial charge in [-0.1, -0.05) is 6.92 Å². The SMILES string of the molecule is CCC(c1nc(CCl)cs1)N(C)C1CCOCC1. The number of thiazole rings is 1. The molecule has 0 N–H and O–H groups in total. The fraction of sp³-hybridized carbons (Fsp3) is 0.769. The Hall–Kier alpha value is -0.160. The van der Waals surface area contributed by atoms with Crippen molar-refractivity contribution in [1.29, 1.82) is 0 Å². The fourth-order valence-corrected chi connectivity index (χ4v) is 3.80. The maximum atomic E-state index is 5.83. The number of halogens is 1. The van der Waals surface area contributed by atoms with Crippen LogP contribution in [0.15, 0.2) is 5.38 Å². The van der Waals surface area contributed by atoms with E-state index >= 15 is 0 Å². The van der Waals surface area contributed by atoms with Gasteiger partial charge in [0.2, 0.25) is 0 Å². The predicted octanol–water partition coefficient (Wildman–Crippen LogP) is 3.44. The van der Waals surface area contributed by atoms with Crippen LogP contribution < -0.4 is 0 Å². The molecule has 1 atom stereocenters. The van der Waals surface area contributed by atoms with Crippen LogP contribution in [0, 0.1) is 0 Å². The van der Waals surface area contributed by atoms with E-state index in [0.29, 0.717) is 18.0 Å². The van der Waals surface area contributed by atoms with Crippen molar-refractivity contribution in [2.75, 3.05) is 20.3 Å². The molecule has 1 unspecified atom stereocenters. The third-order valence-corrected chi connectivity index (χ3v) is 4.91. The topological polar surface area (TPSA) is 25.4 Å². The maximum absolute atomic E-state index is 5.83. The Morgan fingerprint density at radius 3 is 2.83 bits per heavy atom. The van der Waals surface area contributed by atoms with Gasteiger partial charge >= 0.3 is 0 Å². The summed E-state index contributed by atoms with van der Waals surface area (Å²) >= 11 is 7.56. The molecule has 2 heterocycles. The molecule has 0 bridgehead atoms. The van der Waals surface area contributed by atoms with E-state index in [1.54, 1.807) is 11.3 Å². The van der Waals surface area contributed by atoms with E-state index in [0.717, 1.165) is 38.2 Å². The van der Waals surface area contributed by atoms with Gasteiger partial charge in [0.1, 0.15) is 5.01 Å². The first kappa shape index (κ1) is 14.3. The highest BCUT2D eigenvalue weighted by atomic mass is 35.5. The van der Waals surface area contributed by atoms with Gasteiger partial charge in [0.15, 0.2) is 0 Å². The highest BCUT2D eigenvalue weighted by Crippen LogP contribution is 2.30. The molecule has 1 saturated heterocycles. The molecule has 3 nitrogen and oxygen atoms in total. The summed E-state index contributed by atoms with van der Waals surface area (Å²) in [7, 11) is 2.21. The Kier molecular flexibility index (Phi) is 5.42. The van der Waals surface area contributed by atoms with Gasteiger partial charge in [-0.15, -0.1) is 22.9 Å². The summed E-state index contributed by atoms with van der Waals surface area (Å²) in [4.78, 5) is 7.10. The van der Waals surface area contributed by atoms with Gasteiger partial charge < -0.3 is 4.74 Å². The van der Waals surface area contributed by atoms with Gasteiger partial charge in [0.25, 0.3) is 0 Å². The molecule has 0 amide bonds. The molecule has 1 aromatic heterocycles. The number of aromatic nitrogens is 1. The Balaban J connectivity index is 2.06. The van der Waals surface area contributed by atoms with E-state index in [-0.39, 0.29) is 0 Å². The Labute approximate surface area is 118 Å². The van der Waals surface area contributed by atoms with E-state index in [2.05, 4.69) is 29.2 Å². The van der Waals surface area contributed by atoms with Crippen LogP contribution >= 0.6 is 22.9 Å². The van der Waals surface area contributed by atoms with Crippen molar-refractivity contribution in [2.45, 2.75) is 44.1 Å². The van der Waals surface area contributed by atoms with Crippen molar-refractivity contribution >= 4 is 22.9 Å². The van der Waals surface area contributed by atoms with E-state index in [1.807, 2.05) is 0 Å². The molecule has 1 aromatic rings. The fourth-order valence-electron chi connectivity index (χ4n) is 2.52. The number of rotatable bonds is 5. The third kappa shape index (κ3) is 3.23. The van der Waals surface area contributed by atoms with Gasteiger partial charge in [-0.3, -0.25) is 4.90 Å². The number of alkyl halides is 1. The van der Waals surface area contributed by atoms with Crippen molar-refractivity contribution in [3.8, 4) is 0 Å². The number of nitrogens with zero attached hydrogens (tertiary/aromatic N) is 2. The lowest BCUT2D eigenvalue weighted by Crippen LogP contribution is -2.39. The second kappa shape index (κ2) is 6.85. The van der Waals surface area contributed by atoms with Crippen molar-refractivity contribution in [1.82, 2.24) is 9.88 Å². The molecule has 0 aliphatic carbocycles. The molecule has 1 aliphatic heterocycles. The summed E-state index contributed by atoms with van der Waals surface area (Å²) in [6, 6.07) is 1.03. The summed E-state index contributed by atoms with van der Waals surface area (Å²) < 4.78 is 5.43. The quantitative estimate of drug-likeness (QED) is 0.776. The minimum absolute atomic E-state index is 0.412. The molecule has 0 spiro atoms. The minimum Gasteiger partial charge on any atom is -0.381 e. The van der Waals surface area contributed by atoms with Gasteiger partial charge in [0.05, 0.1) is 17.6 Å². The second-order valence-electron chi connectivity index (χ2n) is 4.74. The molecule has 1 fully saturated rings. The first-order chi connectivity index (χ1) is 8.76. The smallest absolute Gasteiger partial charge is 0.110 e. The van der Waals surface area contributed by atoms with E-state index in [9.17, 15) is 0 Å². The molecule has 5 heteroatoms. The van der Waals surface area contributed by atoms with Crippen LogP contribution in [0.2, 0.25) is 0 Å². The summed E-state index contributed by atoms with van der Waals surface area (Å²) in [6.07, 6.45) is 3.34. The minimum atomic E-state index is 0.412. The summed E-state index contributed by atoms with van der Waals surface area (Å²) in [5.74, 6) is 0.508. The molecule has 18 heavy (non-hydrogen) atoms. The number of hydrogen-bond donors (Lipinski definition) is 0. The number of ether oxygens (including phenoxy) is 1. The van der Waals surface area contributed by atoms with Crippen LogP contribution in [0.25, 0.3) is 0 Å². The monoisotopic (exact) mass is 288 g/mol. The lowest BCUT2D eigenvalue weighted by molar-refractivity contribution is 0.0273. The van der Waals surface area contributed by atoms with Crippen molar-refractivity contribution in [3.63, 3.8) is 0 Å². The normalized spacial score (nSPS) is 19.3. The summed E-state index contributed by atoms with van der Waals surface area (Å²) in [6.45, 7) is 3.99. The molecule has 1 aliphatic rings. The molecule has 102 valence electrons. The standard InChI is InChI=1S/C13H21ClN2OS/c1-3-12(13-15-10(8-14)9-18-13)16(2)11-4-6-17-7-5-11/h9,11-12H,3-8H2,1-2H3. The molecular weight excluding hydrogens is 268 g/mol. The van der Waals surface area contributed by atoms with Gasteiger partial charge in [-0.05, 0) is 26.3 Å². The first-order valence-corrected chi connectivity index (χ1v) is 7.97. The molecular formula is C13H21ClN2OS. The Morgan fingerprint density at radius 2 is 2.28 bits per heavy atom. The largest absolute Gasteiger partial charge is 0.381 e. The Bertz CT molecular complexity index is 366. The second-order valence-corrected chi connectivity index (χ2v) is 5.90. The van der Waals surface area contributed by atoms with Crippen LogP contribution in [0.5, 0.6) is 0 Å². The zero-order valence-electron chi connectivity index (χ0n) is 11.1. The first-order valence-electron chi connectivity index (χ1n) is 6.56. The zero-order chi connectivity index (χ0) is 13.0. The lowest BCUT2D eigenvalue weighted by atomic mass is 10.0. The average Bonchev–Trinajstić information content (AvgIpc) is 2.89. The molecule has 2 rings (SSSR count). The van der Waals surface area contributed by atoms with Gasteiger partial charge in [-0.2, -0.15) is 0 Å². The molecule has 0 radical (unpaired) electrons. The van der Waals surface area contributed by atoms with E-state index in [4.69, 9.17) is 16.3 Å². The van der Waals surface area contributed by atoms with Crippen molar-refractivity contribution in [3.05, 3.63) is 16.1 Å². The molecule has 0 saturated carbocycles. The maximum Gasteiger partial charge on any atom is 0.110 e. The highest BCUT2D eigenvalue weighted by Gasteiger charge is 2.26. The van der Waals surface area contributed by atoms with Crippen molar-refractivity contribution < 1.29 is 4.74 Å². The zero-order valence-corrected chi connectivity index (χ0v) is 12.6. The van der Waals surface area contributed by atoms with Gasteiger partial charge in [0, 0.05) is 24.6 Å². The summed E-state index contributed by atoms with van der Waals surface area (Å²) in [5, 5.41) is 3.27. The predicted molar refractivity (Wildman–Crippen MR) is 76.3 cm³/mol.